The van der Waals surface area contributed by atoms with Crippen molar-refractivity contribution in [3.05, 3.63) is 21.4 Å². The van der Waals surface area contributed by atoms with E-state index >= 15 is 0 Å². The molecule has 1 aromatic heterocycles. The average molecular weight is 270 g/mol. The van der Waals surface area contributed by atoms with E-state index in [0.29, 0.717) is 0 Å². The Balaban J connectivity index is 2.57. The number of aryl methyl sites for hydroxylation is 2. The molecule has 4 nitrogen and oxygen atoms in total. The monoisotopic (exact) mass is 270 g/mol. The third-order valence-corrected chi connectivity index (χ3v) is 3.92. The Morgan fingerprint density at radius 1 is 1.44 bits per heavy atom. The van der Waals surface area contributed by atoms with Crippen molar-refractivity contribution < 1.29 is 9.90 Å². The maximum Gasteiger partial charge on any atom is 0.315 e. The molecule has 0 aliphatic heterocycles. The first-order chi connectivity index (χ1) is 8.47. The van der Waals surface area contributed by atoms with Gasteiger partial charge >= 0.3 is 6.03 Å². The van der Waals surface area contributed by atoms with Gasteiger partial charge in [-0.15, -0.1) is 11.3 Å². The summed E-state index contributed by atoms with van der Waals surface area (Å²) in [6.07, 6.45) is 0.717. The molecule has 5 heteroatoms. The highest BCUT2D eigenvalue weighted by Crippen LogP contribution is 2.25. The third-order valence-electron chi connectivity index (χ3n) is 2.94. The molecule has 102 valence electrons. The van der Waals surface area contributed by atoms with Crippen LogP contribution in [0.2, 0.25) is 0 Å². The average Bonchev–Trinajstić information content (AvgIpc) is 2.65. The minimum absolute atomic E-state index is 0.0221. The van der Waals surface area contributed by atoms with Crippen LogP contribution in [0, 0.1) is 13.8 Å². The molecular weight excluding hydrogens is 248 g/mol. The maximum atomic E-state index is 11.7. The number of carbonyl (C=O) groups excluding carboxylic acids is 1. The Kier molecular flexibility index (Phi) is 5.62. The van der Waals surface area contributed by atoms with Crippen molar-refractivity contribution in [1.82, 2.24) is 10.6 Å². The summed E-state index contributed by atoms with van der Waals surface area (Å²) in [5.41, 5.74) is 1.16. The van der Waals surface area contributed by atoms with Crippen LogP contribution in [0.3, 0.4) is 0 Å². The summed E-state index contributed by atoms with van der Waals surface area (Å²) in [4.78, 5) is 14.2. The first-order valence-electron chi connectivity index (χ1n) is 6.22. The van der Waals surface area contributed by atoms with Gasteiger partial charge in [0.05, 0.1) is 18.7 Å². The van der Waals surface area contributed by atoms with Gasteiger partial charge in [-0.2, -0.15) is 0 Å². The SMILES string of the molecule is CCC(CO)NC(=O)NC(C)c1cc(C)sc1C. The van der Waals surface area contributed by atoms with E-state index in [0.717, 1.165) is 12.0 Å². The summed E-state index contributed by atoms with van der Waals surface area (Å²) < 4.78 is 0. The van der Waals surface area contributed by atoms with Crippen LogP contribution in [0.4, 0.5) is 4.79 Å². The summed E-state index contributed by atoms with van der Waals surface area (Å²) in [5, 5.41) is 14.7. The Labute approximate surface area is 112 Å². The number of carbonyl (C=O) groups is 1. The fourth-order valence-corrected chi connectivity index (χ4v) is 2.88. The first-order valence-corrected chi connectivity index (χ1v) is 7.04. The van der Waals surface area contributed by atoms with Gasteiger partial charge in [-0.3, -0.25) is 0 Å². The van der Waals surface area contributed by atoms with Crippen LogP contribution in [0.15, 0.2) is 6.07 Å². The molecule has 0 aliphatic rings. The lowest BCUT2D eigenvalue weighted by molar-refractivity contribution is 0.212. The Hall–Kier alpha value is -1.07. The van der Waals surface area contributed by atoms with E-state index in [9.17, 15) is 4.79 Å². The number of amides is 2. The Morgan fingerprint density at radius 3 is 2.56 bits per heavy atom. The van der Waals surface area contributed by atoms with Crippen LogP contribution in [-0.4, -0.2) is 23.8 Å². The number of nitrogens with one attached hydrogen (secondary N) is 2. The van der Waals surface area contributed by atoms with Crippen molar-refractivity contribution in [3.8, 4) is 0 Å². The molecule has 0 spiro atoms. The molecule has 1 rings (SSSR count). The number of aliphatic hydroxyl groups is 1. The number of rotatable bonds is 5. The largest absolute Gasteiger partial charge is 0.394 e. The summed E-state index contributed by atoms with van der Waals surface area (Å²) >= 11 is 1.74. The minimum atomic E-state index is -0.230. The highest BCUT2D eigenvalue weighted by atomic mass is 32.1. The molecule has 0 aromatic carbocycles. The van der Waals surface area contributed by atoms with Gasteiger partial charge in [0.15, 0.2) is 0 Å². The van der Waals surface area contributed by atoms with Crippen molar-refractivity contribution >= 4 is 17.4 Å². The van der Waals surface area contributed by atoms with Crippen molar-refractivity contribution in [1.29, 1.82) is 0 Å². The molecule has 0 saturated heterocycles. The van der Waals surface area contributed by atoms with Crippen LogP contribution < -0.4 is 10.6 Å². The van der Waals surface area contributed by atoms with E-state index in [1.807, 2.05) is 13.8 Å². The smallest absolute Gasteiger partial charge is 0.315 e. The second-order valence-electron chi connectivity index (χ2n) is 4.50. The Bertz CT molecular complexity index is 400. The van der Waals surface area contributed by atoms with Gasteiger partial charge in [-0.05, 0) is 38.8 Å². The van der Waals surface area contributed by atoms with Gasteiger partial charge in [-0.25, -0.2) is 4.79 Å². The molecule has 1 heterocycles. The normalized spacial score (nSPS) is 14.1. The lowest BCUT2D eigenvalue weighted by Gasteiger charge is -2.18. The van der Waals surface area contributed by atoms with E-state index in [1.54, 1.807) is 11.3 Å². The van der Waals surface area contributed by atoms with Gasteiger partial charge in [0, 0.05) is 9.75 Å². The van der Waals surface area contributed by atoms with Gasteiger partial charge in [0.1, 0.15) is 0 Å². The van der Waals surface area contributed by atoms with Crippen LogP contribution in [0.25, 0.3) is 0 Å². The molecule has 1 aromatic rings. The minimum Gasteiger partial charge on any atom is -0.394 e. The predicted molar refractivity (Wildman–Crippen MR) is 75.0 cm³/mol. The predicted octanol–water partition coefficient (Wildman–Crippen LogP) is 2.50. The highest BCUT2D eigenvalue weighted by Gasteiger charge is 2.15. The number of hydrogen-bond donors (Lipinski definition) is 3. The van der Waals surface area contributed by atoms with Crippen molar-refractivity contribution in [2.45, 2.75) is 46.2 Å². The molecule has 2 amide bonds. The van der Waals surface area contributed by atoms with Crippen LogP contribution >= 0.6 is 11.3 Å². The standard InChI is InChI=1S/C13H22N2O2S/c1-5-11(7-16)15-13(17)14-9(3)12-6-8(2)18-10(12)4/h6,9,11,16H,5,7H2,1-4H3,(H2,14,15,17). The van der Waals surface area contributed by atoms with Crippen molar-refractivity contribution in [2.75, 3.05) is 6.61 Å². The van der Waals surface area contributed by atoms with Crippen LogP contribution in [0.1, 0.15) is 41.6 Å². The molecule has 0 bridgehead atoms. The first kappa shape index (κ1) is 15.0. The second kappa shape index (κ2) is 6.75. The molecule has 3 N–H and O–H groups in total. The molecule has 2 atom stereocenters. The number of hydrogen-bond acceptors (Lipinski definition) is 3. The highest BCUT2D eigenvalue weighted by molar-refractivity contribution is 7.12. The second-order valence-corrected chi connectivity index (χ2v) is 5.96. The number of thiophene rings is 1. The summed E-state index contributed by atoms with van der Waals surface area (Å²) in [6.45, 7) is 7.98. The molecular formula is C13H22N2O2S. The lowest BCUT2D eigenvalue weighted by atomic mass is 10.1. The lowest BCUT2D eigenvalue weighted by Crippen LogP contribution is -2.44. The van der Waals surface area contributed by atoms with E-state index in [1.165, 1.54) is 9.75 Å². The van der Waals surface area contributed by atoms with Gasteiger partial charge in [0.2, 0.25) is 0 Å². The van der Waals surface area contributed by atoms with Crippen LogP contribution in [-0.2, 0) is 0 Å². The molecule has 2 unspecified atom stereocenters. The third kappa shape index (κ3) is 3.99. The fraction of sp³-hybridized carbons (Fsp3) is 0.615. The fourth-order valence-electron chi connectivity index (χ4n) is 1.86. The van der Waals surface area contributed by atoms with E-state index in [4.69, 9.17) is 5.11 Å². The summed E-state index contributed by atoms with van der Waals surface area (Å²) in [5.74, 6) is 0. The molecule has 0 fully saturated rings. The maximum absolute atomic E-state index is 11.7. The molecule has 0 aliphatic carbocycles. The summed E-state index contributed by atoms with van der Waals surface area (Å²) in [7, 11) is 0. The number of aliphatic hydroxyl groups excluding tert-OH is 1. The zero-order valence-corrected chi connectivity index (χ0v) is 12.2. The Morgan fingerprint density at radius 2 is 2.11 bits per heavy atom. The van der Waals surface area contributed by atoms with Gasteiger partial charge < -0.3 is 15.7 Å². The van der Waals surface area contributed by atoms with E-state index in [2.05, 4.69) is 30.5 Å². The molecule has 0 radical (unpaired) electrons. The zero-order chi connectivity index (χ0) is 13.7. The van der Waals surface area contributed by atoms with Gasteiger partial charge in [-0.1, -0.05) is 6.92 Å². The van der Waals surface area contributed by atoms with Crippen LogP contribution in [0.5, 0.6) is 0 Å². The zero-order valence-electron chi connectivity index (χ0n) is 11.4. The van der Waals surface area contributed by atoms with E-state index in [-0.39, 0.29) is 24.7 Å². The topological polar surface area (TPSA) is 61.4 Å². The molecule has 0 saturated carbocycles. The van der Waals surface area contributed by atoms with E-state index < -0.39 is 0 Å². The van der Waals surface area contributed by atoms with Crippen molar-refractivity contribution in [3.63, 3.8) is 0 Å². The molecule has 18 heavy (non-hydrogen) atoms. The number of urea groups is 1. The van der Waals surface area contributed by atoms with Crippen molar-refractivity contribution in [2.24, 2.45) is 0 Å². The summed E-state index contributed by atoms with van der Waals surface area (Å²) in [6, 6.07) is 1.68. The van der Waals surface area contributed by atoms with Gasteiger partial charge in [0.25, 0.3) is 0 Å². The quantitative estimate of drug-likeness (QED) is 0.770.